The molecule has 0 amide bonds. The SMILES string of the molecule is Cc1cccc(C)c1CC(C)c1c[nH]cn1. The highest BCUT2D eigenvalue weighted by Crippen LogP contribution is 2.22. The van der Waals surface area contributed by atoms with Gasteiger partial charge in [0.1, 0.15) is 0 Å². The maximum Gasteiger partial charge on any atom is 0.0923 e. The summed E-state index contributed by atoms with van der Waals surface area (Å²) in [5.41, 5.74) is 5.35. The third-order valence-corrected chi connectivity index (χ3v) is 3.18. The minimum absolute atomic E-state index is 0.464. The van der Waals surface area contributed by atoms with Crippen LogP contribution in [-0.4, -0.2) is 9.97 Å². The zero-order valence-corrected chi connectivity index (χ0v) is 10.1. The third-order valence-electron chi connectivity index (χ3n) is 3.18. The molecule has 0 aliphatic heterocycles. The molecule has 16 heavy (non-hydrogen) atoms. The fraction of sp³-hybridized carbons (Fsp3) is 0.357. The lowest BCUT2D eigenvalue weighted by atomic mass is 9.92. The number of imidazole rings is 1. The molecule has 0 fully saturated rings. The largest absolute Gasteiger partial charge is 0.351 e. The minimum atomic E-state index is 0.464. The van der Waals surface area contributed by atoms with Gasteiger partial charge < -0.3 is 4.98 Å². The van der Waals surface area contributed by atoms with E-state index in [1.807, 2.05) is 6.20 Å². The van der Waals surface area contributed by atoms with Crippen LogP contribution in [0.25, 0.3) is 0 Å². The lowest BCUT2D eigenvalue weighted by Gasteiger charge is -2.13. The molecule has 0 saturated carbocycles. The quantitative estimate of drug-likeness (QED) is 0.833. The Labute approximate surface area is 96.7 Å². The Bertz CT molecular complexity index is 437. The van der Waals surface area contributed by atoms with E-state index in [-0.39, 0.29) is 0 Å². The van der Waals surface area contributed by atoms with E-state index < -0.39 is 0 Å². The number of aromatic nitrogens is 2. The van der Waals surface area contributed by atoms with Gasteiger partial charge >= 0.3 is 0 Å². The fourth-order valence-corrected chi connectivity index (χ4v) is 2.12. The van der Waals surface area contributed by atoms with Crippen molar-refractivity contribution in [2.24, 2.45) is 0 Å². The zero-order valence-electron chi connectivity index (χ0n) is 10.1. The van der Waals surface area contributed by atoms with Crippen molar-refractivity contribution in [1.29, 1.82) is 0 Å². The number of rotatable bonds is 3. The van der Waals surface area contributed by atoms with Gasteiger partial charge in [-0.2, -0.15) is 0 Å². The summed E-state index contributed by atoms with van der Waals surface area (Å²) >= 11 is 0. The predicted octanol–water partition coefficient (Wildman–Crippen LogP) is 3.37. The van der Waals surface area contributed by atoms with Crippen molar-refractivity contribution < 1.29 is 0 Å². The van der Waals surface area contributed by atoms with Crippen molar-refractivity contribution in [3.8, 4) is 0 Å². The second-order valence-corrected chi connectivity index (χ2v) is 4.47. The van der Waals surface area contributed by atoms with Crippen LogP contribution in [0, 0.1) is 13.8 Å². The van der Waals surface area contributed by atoms with E-state index in [1.165, 1.54) is 16.7 Å². The van der Waals surface area contributed by atoms with Crippen molar-refractivity contribution in [3.63, 3.8) is 0 Å². The first-order valence-corrected chi connectivity index (χ1v) is 5.72. The normalized spacial score (nSPS) is 12.7. The van der Waals surface area contributed by atoms with Crippen molar-refractivity contribution in [3.05, 3.63) is 53.1 Å². The van der Waals surface area contributed by atoms with Crippen LogP contribution in [0.15, 0.2) is 30.7 Å². The fourth-order valence-electron chi connectivity index (χ4n) is 2.12. The standard InChI is InChI=1S/C14H18N2/c1-10-5-4-6-11(2)13(10)7-12(3)14-8-15-9-16-14/h4-6,8-9,12H,7H2,1-3H3,(H,15,16). The Hall–Kier alpha value is -1.57. The number of hydrogen-bond donors (Lipinski definition) is 1. The number of hydrogen-bond acceptors (Lipinski definition) is 1. The van der Waals surface area contributed by atoms with Gasteiger partial charge in [0.05, 0.1) is 12.0 Å². The average molecular weight is 214 g/mol. The summed E-state index contributed by atoms with van der Waals surface area (Å²) in [6, 6.07) is 6.48. The van der Waals surface area contributed by atoms with Crippen molar-refractivity contribution >= 4 is 0 Å². The van der Waals surface area contributed by atoms with Crippen LogP contribution in [0.4, 0.5) is 0 Å². The number of aromatic amines is 1. The first kappa shape index (κ1) is 10.9. The summed E-state index contributed by atoms with van der Waals surface area (Å²) in [6.07, 6.45) is 4.79. The van der Waals surface area contributed by atoms with E-state index >= 15 is 0 Å². The first-order chi connectivity index (χ1) is 7.68. The molecule has 2 heteroatoms. The van der Waals surface area contributed by atoms with Crippen LogP contribution < -0.4 is 0 Å². The van der Waals surface area contributed by atoms with E-state index in [0.29, 0.717) is 5.92 Å². The number of H-pyrrole nitrogens is 1. The van der Waals surface area contributed by atoms with Crippen LogP contribution in [-0.2, 0) is 6.42 Å². The van der Waals surface area contributed by atoms with Gasteiger partial charge in [0, 0.05) is 12.1 Å². The van der Waals surface area contributed by atoms with E-state index in [2.05, 4.69) is 48.9 Å². The molecule has 0 aliphatic rings. The molecule has 0 radical (unpaired) electrons. The highest BCUT2D eigenvalue weighted by Gasteiger charge is 2.11. The minimum Gasteiger partial charge on any atom is -0.351 e. The Balaban J connectivity index is 2.21. The molecule has 1 aromatic carbocycles. The van der Waals surface area contributed by atoms with Crippen LogP contribution in [0.5, 0.6) is 0 Å². The summed E-state index contributed by atoms with van der Waals surface area (Å²) in [6.45, 7) is 6.58. The predicted molar refractivity (Wildman–Crippen MR) is 66.6 cm³/mol. The van der Waals surface area contributed by atoms with Gasteiger partial charge in [-0.05, 0) is 37.0 Å². The van der Waals surface area contributed by atoms with Gasteiger partial charge in [-0.3, -0.25) is 0 Å². The second kappa shape index (κ2) is 4.52. The van der Waals surface area contributed by atoms with Crippen molar-refractivity contribution in [2.75, 3.05) is 0 Å². The molecule has 1 N–H and O–H groups in total. The molecular weight excluding hydrogens is 196 g/mol. The molecule has 84 valence electrons. The number of benzene rings is 1. The van der Waals surface area contributed by atoms with Crippen LogP contribution in [0.3, 0.4) is 0 Å². The van der Waals surface area contributed by atoms with Gasteiger partial charge in [-0.15, -0.1) is 0 Å². The molecule has 0 saturated heterocycles. The van der Waals surface area contributed by atoms with Crippen LogP contribution >= 0.6 is 0 Å². The van der Waals surface area contributed by atoms with Gasteiger partial charge in [0.2, 0.25) is 0 Å². The summed E-state index contributed by atoms with van der Waals surface area (Å²) in [5, 5.41) is 0. The Morgan fingerprint density at radius 2 is 1.94 bits per heavy atom. The molecule has 1 unspecified atom stereocenters. The lowest BCUT2D eigenvalue weighted by molar-refractivity contribution is 0.730. The highest BCUT2D eigenvalue weighted by molar-refractivity contribution is 5.34. The molecule has 0 spiro atoms. The topological polar surface area (TPSA) is 28.7 Å². The number of aryl methyl sites for hydroxylation is 2. The maximum atomic E-state index is 4.32. The van der Waals surface area contributed by atoms with E-state index in [4.69, 9.17) is 0 Å². The lowest BCUT2D eigenvalue weighted by Crippen LogP contribution is -2.02. The summed E-state index contributed by atoms with van der Waals surface area (Å²) in [4.78, 5) is 7.33. The Kier molecular flexibility index (Phi) is 3.09. The van der Waals surface area contributed by atoms with E-state index in [0.717, 1.165) is 12.1 Å². The monoisotopic (exact) mass is 214 g/mol. The zero-order chi connectivity index (χ0) is 11.5. The Morgan fingerprint density at radius 3 is 2.50 bits per heavy atom. The van der Waals surface area contributed by atoms with Gasteiger partial charge in [0.15, 0.2) is 0 Å². The second-order valence-electron chi connectivity index (χ2n) is 4.47. The summed E-state index contributed by atoms with van der Waals surface area (Å²) in [7, 11) is 0. The summed E-state index contributed by atoms with van der Waals surface area (Å²) in [5.74, 6) is 0.464. The number of nitrogens with zero attached hydrogens (tertiary/aromatic N) is 1. The van der Waals surface area contributed by atoms with E-state index in [9.17, 15) is 0 Å². The van der Waals surface area contributed by atoms with E-state index in [1.54, 1.807) is 6.33 Å². The van der Waals surface area contributed by atoms with Gasteiger partial charge in [0.25, 0.3) is 0 Å². The smallest absolute Gasteiger partial charge is 0.0923 e. The van der Waals surface area contributed by atoms with Crippen molar-refractivity contribution in [2.45, 2.75) is 33.1 Å². The number of nitrogens with one attached hydrogen (secondary N) is 1. The average Bonchev–Trinajstić information content (AvgIpc) is 2.76. The molecule has 0 bridgehead atoms. The molecule has 1 heterocycles. The third kappa shape index (κ3) is 2.16. The van der Waals surface area contributed by atoms with Crippen molar-refractivity contribution in [1.82, 2.24) is 9.97 Å². The van der Waals surface area contributed by atoms with Crippen LogP contribution in [0.1, 0.15) is 35.2 Å². The maximum absolute atomic E-state index is 4.32. The molecule has 1 aromatic heterocycles. The van der Waals surface area contributed by atoms with Gasteiger partial charge in [-0.25, -0.2) is 4.98 Å². The van der Waals surface area contributed by atoms with Gasteiger partial charge in [-0.1, -0.05) is 25.1 Å². The molecule has 2 rings (SSSR count). The molecule has 2 nitrogen and oxygen atoms in total. The van der Waals surface area contributed by atoms with Crippen LogP contribution in [0.2, 0.25) is 0 Å². The molecule has 0 aliphatic carbocycles. The summed E-state index contributed by atoms with van der Waals surface area (Å²) < 4.78 is 0. The molecular formula is C14H18N2. The highest BCUT2D eigenvalue weighted by atomic mass is 14.9. The first-order valence-electron chi connectivity index (χ1n) is 5.72. The molecule has 1 atom stereocenters. The Morgan fingerprint density at radius 1 is 1.25 bits per heavy atom. The molecule has 2 aromatic rings.